The Hall–Kier alpha value is -3.45. The standard InChI is InChI=1S/C25H27N3O4/c1-2-26(16-19-8-4-3-5-9-19)25(31)24(30)21-17-28(22-11-7-6-10-20(21)22)18-23(29)27-12-14-32-15-13-27/h3-11,17H,2,12-16,18H2,1H3. The summed E-state index contributed by atoms with van der Waals surface area (Å²) in [5, 5.41) is 0.677. The molecule has 2 amide bonds. The molecule has 1 saturated heterocycles. The number of ketones is 1. The van der Waals surface area contributed by atoms with E-state index < -0.39 is 11.7 Å². The third kappa shape index (κ3) is 4.57. The molecule has 0 saturated carbocycles. The Bertz CT molecular complexity index is 1120. The number of amides is 2. The van der Waals surface area contributed by atoms with E-state index in [1.807, 2.05) is 61.5 Å². The molecule has 0 bridgehead atoms. The van der Waals surface area contributed by atoms with E-state index in [1.165, 1.54) is 0 Å². The van der Waals surface area contributed by atoms with E-state index >= 15 is 0 Å². The predicted molar refractivity (Wildman–Crippen MR) is 121 cm³/mol. The summed E-state index contributed by atoms with van der Waals surface area (Å²) in [5.74, 6) is -1.13. The third-order valence-electron chi connectivity index (χ3n) is 5.78. The molecule has 0 atom stereocenters. The zero-order chi connectivity index (χ0) is 22.5. The van der Waals surface area contributed by atoms with Crippen LogP contribution in [0.5, 0.6) is 0 Å². The second kappa shape index (κ2) is 9.78. The lowest BCUT2D eigenvalue weighted by atomic mass is 10.1. The van der Waals surface area contributed by atoms with Crippen LogP contribution in [0.4, 0.5) is 0 Å². The smallest absolute Gasteiger partial charge is 0.295 e. The first-order valence-corrected chi connectivity index (χ1v) is 10.9. The van der Waals surface area contributed by atoms with Crippen molar-refractivity contribution in [1.82, 2.24) is 14.4 Å². The number of rotatable bonds is 7. The van der Waals surface area contributed by atoms with E-state index in [0.29, 0.717) is 50.3 Å². The lowest BCUT2D eigenvalue weighted by Gasteiger charge is -2.27. The zero-order valence-electron chi connectivity index (χ0n) is 18.2. The van der Waals surface area contributed by atoms with E-state index in [9.17, 15) is 14.4 Å². The highest BCUT2D eigenvalue weighted by atomic mass is 16.5. The zero-order valence-corrected chi connectivity index (χ0v) is 18.2. The molecule has 0 spiro atoms. The van der Waals surface area contributed by atoms with Gasteiger partial charge in [0.1, 0.15) is 6.54 Å². The second-order valence-electron chi connectivity index (χ2n) is 7.82. The van der Waals surface area contributed by atoms with Crippen molar-refractivity contribution in [3.05, 3.63) is 71.9 Å². The van der Waals surface area contributed by atoms with Crippen LogP contribution in [0.25, 0.3) is 10.9 Å². The molecule has 1 aliphatic heterocycles. The number of Topliss-reactive ketones (excluding diaryl/α,β-unsaturated/α-hetero) is 1. The monoisotopic (exact) mass is 433 g/mol. The maximum Gasteiger partial charge on any atom is 0.295 e. The Morgan fingerprint density at radius 2 is 1.66 bits per heavy atom. The van der Waals surface area contributed by atoms with Gasteiger partial charge in [-0.05, 0) is 18.6 Å². The number of para-hydroxylation sites is 1. The summed E-state index contributed by atoms with van der Waals surface area (Å²) in [5.41, 5.74) is 2.05. The van der Waals surface area contributed by atoms with Gasteiger partial charge in [-0.1, -0.05) is 48.5 Å². The van der Waals surface area contributed by atoms with Crippen LogP contribution in [0.1, 0.15) is 22.8 Å². The number of likely N-dealkylation sites (N-methyl/N-ethyl adjacent to an activating group) is 1. The van der Waals surface area contributed by atoms with Crippen LogP contribution in [0.15, 0.2) is 60.8 Å². The third-order valence-corrected chi connectivity index (χ3v) is 5.78. The quantitative estimate of drug-likeness (QED) is 0.424. The molecule has 1 aromatic heterocycles. The van der Waals surface area contributed by atoms with E-state index in [2.05, 4.69) is 0 Å². The van der Waals surface area contributed by atoms with Gasteiger partial charge in [-0.2, -0.15) is 0 Å². The van der Waals surface area contributed by atoms with Gasteiger partial charge in [0.15, 0.2) is 0 Å². The van der Waals surface area contributed by atoms with Crippen LogP contribution < -0.4 is 0 Å². The van der Waals surface area contributed by atoms with Gasteiger partial charge < -0.3 is 19.1 Å². The highest BCUT2D eigenvalue weighted by molar-refractivity contribution is 6.44. The van der Waals surface area contributed by atoms with Crippen molar-refractivity contribution in [2.75, 3.05) is 32.8 Å². The van der Waals surface area contributed by atoms with Crippen molar-refractivity contribution < 1.29 is 19.1 Å². The minimum absolute atomic E-state index is 0.0290. The van der Waals surface area contributed by atoms with Gasteiger partial charge in [0, 0.05) is 43.3 Å². The minimum atomic E-state index is -0.559. The Balaban J connectivity index is 1.58. The SMILES string of the molecule is CCN(Cc1ccccc1)C(=O)C(=O)c1cn(CC(=O)N2CCOCC2)c2ccccc12. The first kappa shape index (κ1) is 21.8. The number of nitrogens with zero attached hydrogens (tertiary/aromatic N) is 3. The number of carbonyl (C=O) groups excluding carboxylic acids is 3. The largest absolute Gasteiger partial charge is 0.378 e. The highest BCUT2D eigenvalue weighted by Crippen LogP contribution is 2.23. The molecule has 2 heterocycles. The molecule has 166 valence electrons. The van der Waals surface area contributed by atoms with Crippen molar-refractivity contribution in [2.24, 2.45) is 0 Å². The Kier molecular flexibility index (Phi) is 6.66. The van der Waals surface area contributed by atoms with Gasteiger partial charge in [-0.15, -0.1) is 0 Å². The average Bonchev–Trinajstić information content (AvgIpc) is 3.21. The summed E-state index contributed by atoms with van der Waals surface area (Å²) in [6.07, 6.45) is 1.64. The summed E-state index contributed by atoms with van der Waals surface area (Å²) in [7, 11) is 0. The molecule has 1 fully saturated rings. The van der Waals surface area contributed by atoms with Crippen LogP contribution in [0, 0.1) is 0 Å². The number of hydrogen-bond acceptors (Lipinski definition) is 4. The van der Waals surface area contributed by atoms with Gasteiger partial charge in [0.2, 0.25) is 5.91 Å². The molecule has 1 aliphatic rings. The summed E-state index contributed by atoms with van der Waals surface area (Å²) in [4.78, 5) is 42.4. The fourth-order valence-electron chi connectivity index (χ4n) is 4.01. The van der Waals surface area contributed by atoms with Crippen LogP contribution in [-0.2, 0) is 27.4 Å². The lowest BCUT2D eigenvalue weighted by Crippen LogP contribution is -2.42. The number of ether oxygens (including phenoxy) is 1. The van der Waals surface area contributed by atoms with E-state index in [1.54, 1.807) is 20.6 Å². The van der Waals surface area contributed by atoms with Crippen LogP contribution in [0.3, 0.4) is 0 Å². The predicted octanol–water partition coefficient (Wildman–Crippen LogP) is 2.73. The molecule has 7 nitrogen and oxygen atoms in total. The highest BCUT2D eigenvalue weighted by Gasteiger charge is 2.27. The molecule has 32 heavy (non-hydrogen) atoms. The van der Waals surface area contributed by atoms with Crippen LogP contribution in [0.2, 0.25) is 0 Å². The van der Waals surface area contributed by atoms with Crippen molar-refractivity contribution in [1.29, 1.82) is 0 Å². The minimum Gasteiger partial charge on any atom is -0.378 e. The second-order valence-corrected chi connectivity index (χ2v) is 7.82. The number of benzene rings is 2. The number of aromatic nitrogens is 1. The van der Waals surface area contributed by atoms with Gasteiger partial charge >= 0.3 is 0 Å². The van der Waals surface area contributed by atoms with Gasteiger partial charge in [0.25, 0.3) is 11.7 Å². The number of morpholine rings is 1. The molecule has 4 rings (SSSR count). The van der Waals surface area contributed by atoms with E-state index in [4.69, 9.17) is 4.74 Å². The van der Waals surface area contributed by atoms with Gasteiger partial charge in [-0.25, -0.2) is 0 Å². The van der Waals surface area contributed by atoms with Crippen molar-refractivity contribution in [3.63, 3.8) is 0 Å². The summed E-state index contributed by atoms with van der Waals surface area (Å²) < 4.78 is 7.09. The maximum absolute atomic E-state index is 13.2. The molecule has 2 aromatic carbocycles. The molecule has 0 N–H and O–H groups in total. The van der Waals surface area contributed by atoms with Crippen molar-refractivity contribution >= 4 is 28.5 Å². The first-order valence-electron chi connectivity index (χ1n) is 10.9. The van der Waals surface area contributed by atoms with Crippen molar-refractivity contribution in [2.45, 2.75) is 20.0 Å². The molecule has 0 aliphatic carbocycles. The molecular formula is C25H27N3O4. The Labute approximate surface area is 187 Å². The average molecular weight is 434 g/mol. The molecular weight excluding hydrogens is 406 g/mol. The first-order chi connectivity index (χ1) is 15.6. The summed E-state index contributed by atoms with van der Waals surface area (Å²) in [6.45, 7) is 4.96. The molecule has 3 aromatic rings. The fraction of sp³-hybridized carbons (Fsp3) is 0.320. The van der Waals surface area contributed by atoms with Crippen molar-refractivity contribution in [3.8, 4) is 0 Å². The summed E-state index contributed by atoms with van der Waals surface area (Å²) in [6, 6.07) is 17.0. The molecule has 0 radical (unpaired) electrons. The van der Waals surface area contributed by atoms with Crippen LogP contribution >= 0.6 is 0 Å². The summed E-state index contributed by atoms with van der Waals surface area (Å²) >= 11 is 0. The van der Waals surface area contributed by atoms with Gasteiger partial charge in [-0.3, -0.25) is 14.4 Å². The maximum atomic E-state index is 13.2. The van der Waals surface area contributed by atoms with Crippen LogP contribution in [-0.4, -0.2) is 64.8 Å². The Morgan fingerprint density at radius 3 is 2.38 bits per heavy atom. The lowest BCUT2D eigenvalue weighted by molar-refractivity contribution is -0.135. The molecule has 7 heteroatoms. The van der Waals surface area contributed by atoms with Gasteiger partial charge in [0.05, 0.1) is 18.8 Å². The molecule has 0 unspecified atom stereocenters. The number of carbonyl (C=O) groups is 3. The normalized spacial score (nSPS) is 13.8. The Morgan fingerprint density at radius 1 is 0.969 bits per heavy atom. The number of hydrogen-bond donors (Lipinski definition) is 0. The number of fused-ring (bicyclic) bond motifs is 1. The van der Waals surface area contributed by atoms with E-state index in [0.717, 1.165) is 11.1 Å². The fourth-order valence-corrected chi connectivity index (χ4v) is 4.01. The topological polar surface area (TPSA) is 71.9 Å². The van der Waals surface area contributed by atoms with E-state index in [-0.39, 0.29) is 12.5 Å².